The molecule has 0 amide bonds. The van der Waals surface area contributed by atoms with Crippen molar-refractivity contribution in [2.24, 2.45) is 0 Å². The second kappa shape index (κ2) is 15.7. The zero-order valence-electron chi connectivity index (χ0n) is 34.0. The van der Waals surface area contributed by atoms with E-state index in [0.717, 1.165) is 70.1 Å². The summed E-state index contributed by atoms with van der Waals surface area (Å²) in [7, 11) is 0. The highest BCUT2D eigenvalue weighted by atomic mass is 16.5. The highest BCUT2D eigenvalue weighted by Gasteiger charge is 2.27. The second-order valence-corrected chi connectivity index (χ2v) is 17.9. The summed E-state index contributed by atoms with van der Waals surface area (Å²) in [6.07, 6.45) is 11.5. The molecule has 2 aliphatic carbocycles. The zero-order chi connectivity index (χ0) is 39.8. The highest BCUT2D eigenvalue weighted by Crippen LogP contribution is 2.41. The Morgan fingerprint density at radius 1 is 0.696 bits per heavy atom. The van der Waals surface area contributed by atoms with Crippen molar-refractivity contribution in [3.8, 4) is 0 Å². The molecule has 8 nitrogen and oxygen atoms in total. The summed E-state index contributed by atoms with van der Waals surface area (Å²) < 4.78 is 5.53. The maximum atomic E-state index is 12.8. The minimum absolute atomic E-state index is 0.0653. The van der Waals surface area contributed by atoms with Gasteiger partial charge in [0.1, 0.15) is 0 Å². The lowest BCUT2D eigenvalue weighted by atomic mass is 9.92. The van der Waals surface area contributed by atoms with Crippen LogP contribution in [0.4, 0.5) is 0 Å². The lowest BCUT2D eigenvalue weighted by Gasteiger charge is -2.15. The maximum Gasteiger partial charge on any atom is 0.340 e. The molecule has 2 aromatic carbocycles. The Balaban J connectivity index is 0.000000173. The van der Waals surface area contributed by atoms with Gasteiger partial charge in [-0.25, -0.2) is 9.59 Å². The van der Waals surface area contributed by atoms with Crippen LogP contribution < -0.4 is 0 Å². The van der Waals surface area contributed by atoms with E-state index in [-0.39, 0.29) is 16.8 Å². The molecule has 56 heavy (non-hydrogen) atoms. The van der Waals surface area contributed by atoms with Crippen molar-refractivity contribution in [1.82, 2.24) is 19.9 Å². The average Bonchev–Trinajstić information content (AvgIpc) is 4.09. The van der Waals surface area contributed by atoms with Crippen LogP contribution in [0.15, 0.2) is 73.1 Å². The van der Waals surface area contributed by atoms with Crippen LogP contribution in [0.25, 0.3) is 21.8 Å². The van der Waals surface area contributed by atoms with Gasteiger partial charge in [0, 0.05) is 58.5 Å². The van der Waals surface area contributed by atoms with Gasteiger partial charge >= 0.3 is 11.9 Å². The SMILES string of the molecule is CC(C)(C)c1cc2cc(Cc3ncc(C4CC4)cc3C(=O)O)ccc2[nH]1.CCCCOC(=O)c1cc(C2CC2)cnc1Cc1ccc2[nH]c(C(C)(C)C)cc2c1. The smallest absolute Gasteiger partial charge is 0.340 e. The molecule has 4 aromatic heterocycles. The first-order valence-corrected chi connectivity index (χ1v) is 20.3. The van der Waals surface area contributed by atoms with Crippen molar-refractivity contribution in [3.05, 3.63) is 129 Å². The molecule has 0 aliphatic heterocycles. The fraction of sp³-hybridized carbons (Fsp3) is 0.417. The van der Waals surface area contributed by atoms with E-state index in [1.54, 1.807) is 0 Å². The Kier molecular flexibility index (Phi) is 10.9. The Bertz CT molecular complexity index is 2380. The number of fused-ring (bicyclic) bond motifs is 2. The Morgan fingerprint density at radius 2 is 1.16 bits per heavy atom. The number of hydrogen-bond acceptors (Lipinski definition) is 5. The van der Waals surface area contributed by atoms with E-state index in [0.29, 0.717) is 48.1 Å². The van der Waals surface area contributed by atoms with E-state index in [9.17, 15) is 14.7 Å². The number of nitrogens with zero attached hydrogens (tertiary/aromatic N) is 2. The molecular weight excluding hydrogens is 697 g/mol. The predicted octanol–water partition coefficient (Wildman–Crippen LogP) is 11.3. The first-order chi connectivity index (χ1) is 26.7. The van der Waals surface area contributed by atoms with Crippen LogP contribution in [0.1, 0.15) is 165 Å². The molecule has 8 rings (SSSR count). The van der Waals surface area contributed by atoms with Crippen LogP contribution in [-0.4, -0.2) is 43.6 Å². The summed E-state index contributed by atoms with van der Waals surface area (Å²) >= 11 is 0. The number of esters is 1. The monoisotopic (exact) mass is 752 g/mol. The first-order valence-electron chi connectivity index (χ1n) is 20.3. The van der Waals surface area contributed by atoms with Crippen LogP contribution in [0.5, 0.6) is 0 Å². The fourth-order valence-electron chi connectivity index (χ4n) is 7.11. The van der Waals surface area contributed by atoms with Gasteiger partial charge in [0.2, 0.25) is 0 Å². The molecule has 0 atom stereocenters. The number of nitrogens with one attached hydrogen (secondary N) is 2. The number of carboxylic acid groups (broad SMARTS) is 1. The van der Waals surface area contributed by atoms with Crippen molar-refractivity contribution in [2.75, 3.05) is 6.61 Å². The van der Waals surface area contributed by atoms with Crippen molar-refractivity contribution in [2.45, 2.75) is 122 Å². The number of unbranched alkanes of at least 4 members (excludes halogenated alkanes) is 1. The normalized spacial score (nSPS) is 14.5. The van der Waals surface area contributed by atoms with Gasteiger partial charge in [-0.15, -0.1) is 0 Å². The summed E-state index contributed by atoms with van der Waals surface area (Å²) in [5.41, 5.74) is 11.6. The van der Waals surface area contributed by atoms with Crippen molar-refractivity contribution >= 4 is 33.7 Å². The van der Waals surface area contributed by atoms with Gasteiger partial charge < -0.3 is 19.8 Å². The predicted molar refractivity (Wildman–Crippen MR) is 224 cm³/mol. The molecule has 0 saturated heterocycles. The topological polar surface area (TPSA) is 121 Å². The van der Waals surface area contributed by atoms with Crippen molar-refractivity contribution in [3.63, 3.8) is 0 Å². The number of aromatic amines is 2. The minimum Gasteiger partial charge on any atom is -0.478 e. The molecule has 2 fully saturated rings. The third-order valence-corrected chi connectivity index (χ3v) is 11.0. The minimum atomic E-state index is -0.896. The summed E-state index contributed by atoms with van der Waals surface area (Å²) in [6.45, 7) is 15.7. The van der Waals surface area contributed by atoms with E-state index in [1.807, 2.05) is 30.6 Å². The van der Waals surface area contributed by atoms with Crippen molar-refractivity contribution in [1.29, 1.82) is 0 Å². The molecule has 0 unspecified atom stereocenters. The van der Waals surface area contributed by atoms with Crippen LogP contribution in [0, 0.1) is 0 Å². The van der Waals surface area contributed by atoms with E-state index in [4.69, 9.17) is 9.72 Å². The number of pyridine rings is 2. The second-order valence-electron chi connectivity index (χ2n) is 17.9. The number of aromatic nitrogens is 4. The number of rotatable bonds is 11. The molecule has 0 bridgehead atoms. The average molecular weight is 753 g/mol. The summed E-state index contributed by atoms with van der Waals surface area (Å²) in [5, 5.41) is 11.9. The zero-order valence-corrected chi connectivity index (χ0v) is 34.0. The van der Waals surface area contributed by atoms with E-state index in [2.05, 4.69) is 106 Å². The van der Waals surface area contributed by atoms with E-state index < -0.39 is 5.97 Å². The number of carbonyl (C=O) groups is 2. The Hall–Kier alpha value is -5.24. The van der Waals surface area contributed by atoms with E-state index >= 15 is 0 Å². The summed E-state index contributed by atoms with van der Waals surface area (Å²) in [6, 6.07) is 20.9. The highest BCUT2D eigenvalue weighted by molar-refractivity contribution is 5.91. The number of carboxylic acids is 1. The van der Waals surface area contributed by atoms with Crippen LogP contribution >= 0.6 is 0 Å². The lowest BCUT2D eigenvalue weighted by Crippen LogP contribution is -2.12. The first kappa shape index (κ1) is 39.0. The molecule has 8 heteroatoms. The third-order valence-electron chi connectivity index (χ3n) is 11.0. The molecule has 2 aliphatic rings. The number of benzene rings is 2. The number of H-pyrrole nitrogens is 2. The molecule has 292 valence electrons. The number of aromatic carboxylic acids is 1. The van der Waals surface area contributed by atoms with Crippen LogP contribution in [0.2, 0.25) is 0 Å². The van der Waals surface area contributed by atoms with Crippen LogP contribution in [-0.2, 0) is 28.4 Å². The Labute approximate surface area is 330 Å². The molecule has 0 spiro atoms. The van der Waals surface area contributed by atoms with Gasteiger partial charge in [-0.05, 0) is 125 Å². The molecule has 2 saturated carbocycles. The fourth-order valence-corrected chi connectivity index (χ4v) is 7.11. The van der Waals surface area contributed by atoms with Gasteiger partial charge in [0.05, 0.1) is 29.1 Å². The van der Waals surface area contributed by atoms with Gasteiger partial charge in [0.15, 0.2) is 0 Å². The molecule has 6 aromatic rings. The van der Waals surface area contributed by atoms with Gasteiger partial charge in [-0.1, -0.05) is 67.0 Å². The Morgan fingerprint density at radius 3 is 1.59 bits per heavy atom. The largest absolute Gasteiger partial charge is 0.478 e. The summed E-state index contributed by atoms with van der Waals surface area (Å²) in [4.78, 5) is 40.7. The molecule has 0 radical (unpaired) electrons. The van der Waals surface area contributed by atoms with Gasteiger partial charge in [-0.2, -0.15) is 0 Å². The maximum absolute atomic E-state index is 12.8. The van der Waals surface area contributed by atoms with Gasteiger partial charge in [-0.3, -0.25) is 9.97 Å². The number of hydrogen-bond donors (Lipinski definition) is 3. The quantitative estimate of drug-likeness (QED) is 0.0895. The van der Waals surface area contributed by atoms with Crippen molar-refractivity contribution < 1.29 is 19.4 Å². The summed E-state index contributed by atoms with van der Waals surface area (Å²) in [5.74, 6) is -0.0821. The number of ether oxygens (including phenoxy) is 1. The molecule has 4 heterocycles. The van der Waals surface area contributed by atoms with E-state index in [1.165, 1.54) is 29.6 Å². The van der Waals surface area contributed by atoms with Crippen LogP contribution in [0.3, 0.4) is 0 Å². The number of carbonyl (C=O) groups excluding carboxylic acids is 1. The van der Waals surface area contributed by atoms with Gasteiger partial charge in [0.25, 0.3) is 0 Å². The third kappa shape index (κ3) is 9.23. The lowest BCUT2D eigenvalue weighted by molar-refractivity contribution is 0.0497. The standard InChI is InChI=1S/C26H32N2O2.C22H24N2O2/c1-5-6-11-30-25(29)21-14-20(18-8-9-18)16-27-23(21)13-17-7-10-22-19(12-17)15-24(28-22)26(2,3)4;1-22(2,3)20-11-15-8-13(4-7-18(15)24-20)9-19-17(21(25)26)10-16(12-23-19)14-5-6-14/h7,10,12,14-16,18,28H,5-6,8-9,11,13H2,1-4H3;4,7-8,10-12,14,24H,5-6,9H2,1-3H3,(H,25,26). The molecular formula is C48H56N4O4. The molecule has 3 N–H and O–H groups in total.